The molecule has 0 aromatic carbocycles. The van der Waals surface area contributed by atoms with Crippen molar-refractivity contribution in [3.8, 4) is 0 Å². The Morgan fingerprint density at radius 3 is 1.48 bits per heavy atom. The zero-order valence-electron chi connectivity index (χ0n) is 26.6. The fourth-order valence-corrected chi connectivity index (χ4v) is 11.0. The molecule has 0 saturated carbocycles. The van der Waals surface area contributed by atoms with E-state index in [4.69, 9.17) is 0 Å². The van der Waals surface area contributed by atoms with Gasteiger partial charge in [0.15, 0.2) is 0 Å². The lowest BCUT2D eigenvalue weighted by atomic mass is 9.87. The molecule has 1 unspecified atom stereocenters. The normalized spacial score (nSPS) is 28.1. The summed E-state index contributed by atoms with van der Waals surface area (Å²) < 4.78 is 10.1. The van der Waals surface area contributed by atoms with E-state index in [0.717, 1.165) is 0 Å². The lowest BCUT2D eigenvalue weighted by molar-refractivity contribution is -0.758. The Labute approximate surface area is 281 Å². The van der Waals surface area contributed by atoms with Crippen LogP contribution in [-0.2, 0) is 35.8 Å². The van der Waals surface area contributed by atoms with Crippen molar-refractivity contribution in [2.75, 3.05) is 0 Å². The maximum atomic E-state index is 14.9. The van der Waals surface area contributed by atoms with Crippen molar-refractivity contribution in [3.05, 3.63) is 56.7 Å². The second kappa shape index (κ2) is 12.0. The second-order valence-electron chi connectivity index (χ2n) is 13.2. The van der Waals surface area contributed by atoms with Crippen molar-refractivity contribution >= 4 is 45.3 Å². The molecule has 7 heterocycles. The van der Waals surface area contributed by atoms with E-state index in [0.29, 0.717) is 36.0 Å². The SMILES string of the molecule is C[C@@H](O)C(C(=O)[O-])[C@H]1[C@@H](C)C(SC2Cn3cnc[n+]3C2)=c2c(=O)n3c(c(=O)n21)=C(SC1Cn2cnc[n+]2C1)[C@H](C)[C@@H]3[C@H](C(=O)[O-])[C@@H](C)O. The lowest BCUT2D eigenvalue weighted by Crippen LogP contribution is -2.60. The number of hydrogen-bond acceptors (Lipinski definition) is 12. The van der Waals surface area contributed by atoms with E-state index in [1.165, 1.54) is 46.5 Å². The van der Waals surface area contributed by atoms with Crippen LogP contribution >= 0.6 is 23.5 Å². The van der Waals surface area contributed by atoms with Gasteiger partial charge in [0, 0.05) is 45.4 Å². The first-order valence-electron chi connectivity index (χ1n) is 15.9. The molecule has 7 rings (SSSR count). The molecule has 18 heteroatoms. The van der Waals surface area contributed by atoms with Gasteiger partial charge in [-0.25, -0.2) is 0 Å². The van der Waals surface area contributed by atoms with Crippen LogP contribution in [0.1, 0.15) is 39.8 Å². The summed E-state index contributed by atoms with van der Waals surface area (Å²) in [4.78, 5) is 64.2. The summed E-state index contributed by atoms with van der Waals surface area (Å²) in [6, 6.07) is -2.31. The maximum Gasteiger partial charge on any atom is 0.306 e. The Balaban J connectivity index is 1.48. The molecule has 0 aliphatic carbocycles. The monoisotopic (exact) mass is 700 g/mol. The standard InChI is InChI=1S/C30H36N8O8S2/c1-13-21(19(15(3)39)29(43)44)37-23(25(13)47-17-5-33-9-31-10-34(33)6-17)27(41)38-22(20(16(4)40)30(45)46)14(2)26(24(38)28(37)42)48-18-7-35-11-32-12-36(35)8-18/h9-22,39-40H,5-8H2,1-4H3/t13-,14-,15-,16-,19-,20?,21-,22-/m1/s1. The van der Waals surface area contributed by atoms with Gasteiger partial charge in [-0.3, -0.25) is 18.7 Å². The zero-order valence-corrected chi connectivity index (χ0v) is 28.3. The smallest absolute Gasteiger partial charge is 0.306 e. The number of fused-ring (bicyclic) bond motifs is 4. The highest BCUT2D eigenvalue weighted by Gasteiger charge is 2.47. The minimum Gasteiger partial charge on any atom is -0.550 e. The van der Waals surface area contributed by atoms with Gasteiger partial charge in [0.1, 0.15) is 23.8 Å². The van der Waals surface area contributed by atoms with E-state index < -0.39 is 71.0 Å². The number of carbonyl (C=O) groups excluding carboxylic acids is 2. The van der Waals surface area contributed by atoms with Crippen LogP contribution in [0.25, 0.3) is 9.81 Å². The number of aromatic nitrogens is 8. The summed E-state index contributed by atoms with van der Waals surface area (Å²) in [6.07, 6.45) is 3.88. The largest absolute Gasteiger partial charge is 0.550 e. The molecule has 16 nitrogen and oxygen atoms in total. The number of carboxylic acid groups (broad SMARTS) is 2. The lowest BCUT2D eigenvalue weighted by Gasteiger charge is -2.33. The number of carboxylic acids is 2. The first kappa shape index (κ1) is 32.8. The Kier molecular flexibility index (Phi) is 8.19. The van der Waals surface area contributed by atoms with Gasteiger partial charge in [0.2, 0.25) is 12.7 Å². The second-order valence-corrected chi connectivity index (χ2v) is 15.9. The molecule has 0 fully saturated rings. The number of aliphatic hydroxyl groups excluding tert-OH is 2. The quantitative estimate of drug-likeness (QED) is 0.190. The minimum absolute atomic E-state index is 0.0394. The predicted molar refractivity (Wildman–Crippen MR) is 165 cm³/mol. The van der Waals surface area contributed by atoms with Crippen LogP contribution in [0.5, 0.6) is 0 Å². The summed E-state index contributed by atoms with van der Waals surface area (Å²) in [5.41, 5.74) is -1.32. The molecule has 2 N–H and O–H groups in total. The number of nitrogens with zero attached hydrogens (tertiary/aromatic N) is 8. The van der Waals surface area contributed by atoms with E-state index in [9.17, 15) is 39.6 Å². The van der Waals surface area contributed by atoms with Crippen molar-refractivity contribution in [3.63, 3.8) is 0 Å². The molecule has 3 aromatic heterocycles. The van der Waals surface area contributed by atoms with Crippen molar-refractivity contribution in [1.82, 2.24) is 28.5 Å². The maximum absolute atomic E-state index is 14.9. The summed E-state index contributed by atoms with van der Waals surface area (Å²) in [6.45, 7) is 8.27. The highest BCUT2D eigenvalue weighted by atomic mass is 32.2. The Morgan fingerprint density at radius 2 is 1.17 bits per heavy atom. The molecule has 4 aliphatic rings. The fourth-order valence-electron chi connectivity index (χ4n) is 8.06. The van der Waals surface area contributed by atoms with Crippen LogP contribution in [0, 0.1) is 23.7 Å². The fraction of sp³-hybridized carbons (Fsp3) is 0.600. The van der Waals surface area contributed by atoms with Gasteiger partial charge in [-0.2, -0.15) is 18.7 Å². The topological polar surface area (TPSA) is 208 Å². The summed E-state index contributed by atoms with van der Waals surface area (Å²) in [7, 11) is 0. The van der Waals surface area contributed by atoms with E-state index in [1.54, 1.807) is 39.2 Å². The number of aliphatic carboxylic acids is 2. The Bertz CT molecular complexity index is 1880. The van der Waals surface area contributed by atoms with Gasteiger partial charge in [-0.1, -0.05) is 13.8 Å². The van der Waals surface area contributed by atoms with Crippen LogP contribution in [0.3, 0.4) is 0 Å². The molecule has 0 amide bonds. The molecule has 3 aromatic rings. The highest BCUT2D eigenvalue weighted by Crippen LogP contribution is 2.45. The third kappa shape index (κ3) is 4.97. The molecule has 48 heavy (non-hydrogen) atoms. The third-order valence-corrected chi connectivity index (χ3v) is 13.1. The number of aliphatic hydroxyl groups is 2. The van der Waals surface area contributed by atoms with Crippen molar-refractivity contribution in [1.29, 1.82) is 0 Å². The first-order valence-corrected chi connectivity index (χ1v) is 17.6. The molecular weight excluding hydrogens is 665 g/mol. The molecular formula is C30H36N8O8S2. The van der Waals surface area contributed by atoms with E-state index >= 15 is 0 Å². The van der Waals surface area contributed by atoms with Gasteiger partial charge >= 0.3 is 12.7 Å². The molecule has 4 aliphatic heterocycles. The van der Waals surface area contributed by atoms with Crippen LogP contribution in [-0.4, -0.2) is 73.3 Å². The average Bonchev–Trinajstić information content (AvgIpc) is 3.82. The average molecular weight is 701 g/mol. The van der Waals surface area contributed by atoms with Crippen molar-refractivity contribution in [2.24, 2.45) is 23.7 Å². The zero-order chi connectivity index (χ0) is 34.3. The number of hydrogen-bond donors (Lipinski definition) is 2. The Hall–Kier alpha value is -3.74. The minimum atomic E-state index is -1.56. The van der Waals surface area contributed by atoms with Crippen LogP contribution in [0.2, 0.25) is 0 Å². The number of rotatable bonds is 10. The van der Waals surface area contributed by atoms with Gasteiger partial charge < -0.3 is 30.0 Å². The highest BCUT2D eigenvalue weighted by molar-refractivity contribution is 8.08. The number of thioether (sulfide) groups is 2. The van der Waals surface area contributed by atoms with E-state index in [-0.39, 0.29) is 21.2 Å². The van der Waals surface area contributed by atoms with Gasteiger partial charge in [0.05, 0.1) is 47.9 Å². The van der Waals surface area contributed by atoms with Crippen LogP contribution in [0.4, 0.5) is 0 Å². The predicted octanol–water partition coefficient (Wildman–Crippen LogP) is -5.30. The molecule has 0 radical (unpaired) electrons. The van der Waals surface area contributed by atoms with E-state index in [2.05, 4.69) is 9.97 Å². The van der Waals surface area contributed by atoms with Crippen LogP contribution < -0.4 is 41.4 Å². The first-order chi connectivity index (χ1) is 22.8. The van der Waals surface area contributed by atoms with Crippen molar-refractivity contribution < 1.29 is 39.4 Å². The molecule has 0 saturated heterocycles. The van der Waals surface area contributed by atoms with Gasteiger partial charge in [-0.05, 0) is 23.8 Å². The number of carbonyl (C=O) groups is 2. The van der Waals surface area contributed by atoms with Gasteiger partial charge in [-0.15, -0.1) is 23.5 Å². The molecule has 0 spiro atoms. The summed E-state index contributed by atoms with van der Waals surface area (Å²) in [5, 5.41) is 46.3. The molecule has 256 valence electrons. The van der Waals surface area contributed by atoms with Crippen LogP contribution in [0.15, 0.2) is 34.9 Å². The van der Waals surface area contributed by atoms with Crippen molar-refractivity contribution in [2.45, 2.75) is 88.7 Å². The van der Waals surface area contributed by atoms with Gasteiger partial charge in [0.25, 0.3) is 11.1 Å². The summed E-state index contributed by atoms with van der Waals surface area (Å²) >= 11 is 2.72. The van der Waals surface area contributed by atoms with E-state index in [1.807, 2.05) is 18.7 Å². The summed E-state index contributed by atoms with van der Waals surface area (Å²) in [5.74, 6) is -7.55. The molecule has 0 bridgehead atoms. The third-order valence-electron chi connectivity index (χ3n) is 10.2. The molecule has 8 atom stereocenters. The Morgan fingerprint density at radius 1 is 0.792 bits per heavy atom.